The lowest BCUT2D eigenvalue weighted by Gasteiger charge is -2.61. The molecular weight excluding hydrogens is 372 g/mol. The highest BCUT2D eigenvalue weighted by atomic mass is 16.5. The van der Waals surface area contributed by atoms with Crippen molar-refractivity contribution in [2.24, 2.45) is 46.3 Å². The number of carbonyl (C=O) groups is 1. The van der Waals surface area contributed by atoms with Crippen molar-refractivity contribution in [3.63, 3.8) is 0 Å². The lowest BCUT2D eigenvalue weighted by atomic mass is 9.44. The normalized spacial score (nSPS) is 46.4. The van der Waals surface area contributed by atoms with E-state index < -0.39 is 0 Å². The molecule has 0 bridgehead atoms. The lowest BCUT2D eigenvalue weighted by Crippen LogP contribution is -2.54. The second kappa shape index (κ2) is 8.75. The standard InChI is InChI=1S/C27H46O3/c1-5-6-7-8-21(25(29)30-4)23-12-11-22-20-10-9-18-17-19(28)13-15-26(18,2)24(20)14-16-27(22,23)3/h18-24,28H,5-17H2,1-4H3/t18-,19-,20-,21+,22-,23+,24-,26-,27-/m0/s1. The van der Waals surface area contributed by atoms with Gasteiger partial charge in [-0.3, -0.25) is 4.79 Å². The molecule has 4 fully saturated rings. The first-order valence-corrected chi connectivity index (χ1v) is 13.1. The molecule has 0 aromatic rings. The van der Waals surface area contributed by atoms with Crippen molar-refractivity contribution >= 4 is 5.97 Å². The highest BCUT2D eigenvalue weighted by Gasteiger charge is 2.61. The Bertz CT molecular complexity index is 617. The minimum absolute atomic E-state index is 0.0528. The molecule has 4 aliphatic rings. The Kier molecular flexibility index (Phi) is 6.60. The number of methoxy groups -OCH3 is 1. The number of carbonyl (C=O) groups excluding carboxylic acids is 1. The van der Waals surface area contributed by atoms with Gasteiger partial charge in [-0.15, -0.1) is 0 Å². The average Bonchev–Trinajstić information content (AvgIpc) is 3.08. The second-order valence-electron chi connectivity index (χ2n) is 11.9. The van der Waals surface area contributed by atoms with Crippen LogP contribution in [0.4, 0.5) is 0 Å². The van der Waals surface area contributed by atoms with Crippen LogP contribution in [-0.2, 0) is 9.53 Å². The number of ether oxygens (including phenoxy) is 1. The summed E-state index contributed by atoms with van der Waals surface area (Å²) in [6, 6.07) is 0. The Morgan fingerprint density at radius 2 is 1.73 bits per heavy atom. The highest BCUT2D eigenvalue weighted by Crippen LogP contribution is 2.68. The molecule has 3 heteroatoms. The summed E-state index contributed by atoms with van der Waals surface area (Å²) in [6.45, 7) is 7.35. The van der Waals surface area contributed by atoms with E-state index in [-0.39, 0.29) is 18.0 Å². The number of fused-ring (bicyclic) bond motifs is 5. The van der Waals surface area contributed by atoms with E-state index >= 15 is 0 Å². The van der Waals surface area contributed by atoms with Gasteiger partial charge in [0.2, 0.25) is 0 Å². The third-order valence-electron chi connectivity index (χ3n) is 10.8. The molecule has 9 atom stereocenters. The van der Waals surface area contributed by atoms with Crippen LogP contribution in [0.15, 0.2) is 0 Å². The molecule has 30 heavy (non-hydrogen) atoms. The molecule has 0 amide bonds. The molecule has 172 valence electrons. The van der Waals surface area contributed by atoms with Gasteiger partial charge in [-0.25, -0.2) is 0 Å². The number of aliphatic hydroxyl groups excluding tert-OH is 1. The van der Waals surface area contributed by atoms with Crippen LogP contribution in [0.2, 0.25) is 0 Å². The molecule has 4 saturated carbocycles. The minimum atomic E-state index is -0.0618. The molecule has 3 nitrogen and oxygen atoms in total. The summed E-state index contributed by atoms with van der Waals surface area (Å²) < 4.78 is 5.32. The number of unbranched alkanes of at least 4 members (excludes halogenated alkanes) is 2. The van der Waals surface area contributed by atoms with Gasteiger partial charge in [0.05, 0.1) is 19.1 Å². The largest absolute Gasteiger partial charge is 0.469 e. The Morgan fingerprint density at radius 3 is 2.47 bits per heavy atom. The fourth-order valence-corrected chi connectivity index (χ4v) is 9.19. The van der Waals surface area contributed by atoms with Crippen LogP contribution in [0.3, 0.4) is 0 Å². The van der Waals surface area contributed by atoms with Crippen molar-refractivity contribution in [3.8, 4) is 0 Å². The summed E-state index contributed by atoms with van der Waals surface area (Å²) in [4.78, 5) is 12.8. The number of hydrogen-bond donors (Lipinski definition) is 1. The van der Waals surface area contributed by atoms with E-state index in [0.29, 0.717) is 16.7 Å². The summed E-state index contributed by atoms with van der Waals surface area (Å²) in [5.74, 6) is 3.83. The van der Waals surface area contributed by atoms with Gasteiger partial charge >= 0.3 is 5.97 Å². The van der Waals surface area contributed by atoms with E-state index in [1.165, 1.54) is 57.8 Å². The molecule has 1 N–H and O–H groups in total. The Hall–Kier alpha value is -0.570. The molecule has 0 unspecified atom stereocenters. The molecule has 4 rings (SSSR count). The summed E-state index contributed by atoms with van der Waals surface area (Å²) in [5, 5.41) is 10.3. The first-order valence-electron chi connectivity index (χ1n) is 13.1. The Morgan fingerprint density at radius 1 is 1.00 bits per heavy atom. The molecule has 0 aromatic carbocycles. The van der Waals surface area contributed by atoms with Crippen molar-refractivity contribution in [1.82, 2.24) is 0 Å². The molecule has 0 aromatic heterocycles. The smallest absolute Gasteiger partial charge is 0.308 e. The van der Waals surface area contributed by atoms with Crippen molar-refractivity contribution in [3.05, 3.63) is 0 Å². The van der Waals surface area contributed by atoms with Crippen LogP contribution in [0.25, 0.3) is 0 Å². The van der Waals surface area contributed by atoms with Crippen molar-refractivity contribution < 1.29 is 14.6 Å². The van der Waals surface area contributed by atoms with Gasteiger partial charge in [0.25, 0.3) is 0 Å². The first-order chi connectivity index (χ1) is 14.3. The van der Waals surface area contributed by atoms with Gasteiger partial charge < -0.3 is 9.84 Å². The van der Waals surface area contributed by atoms with Gasteiger partial charge in [-0.2, -0.15) is 0 Å². The SMILES string of the molecule is CCCCC[C@@H](C(=O)OC)[C@H]1CC[C@H]2[C@@H]3CC[C@H]4C[C@@H](O)CC[C@]4(C)[C@H]3CC[C@]12C. The monoisotopic (exact) mass is 418 g/mol. The maximum Gasteiger partial charge on any atom is 0.308 e. The van der Waals surface area contributed by atoms with Gasteiger partial charge in [0.1, 0.15) is 0 Å². The predicted molar refractivity (Wildman–Crippen MR) is 121 cm³/mol. The molecule has 4 aliphatic carbocycles. The van der Waals surface area contributed by atoms with Gasteiger partial charge in [-0.1, -0.05) is 40.0 Å². The zero-order chi connectivity index (χ0) is 21.5. The van der Waals surface area contributed by atoms with E-state index in [1.807, 2.05) is 0 Å². The zero-order valence-corrected chi connectivity index (χ0v) is 20.0. The first kappa shape index (κ1) is 22.6. The average molecular weight is 419 g/mol. The van der Waals surface area contributed by atoms with Crippen LogP contribution in [-0.4, -0.2) is 24.3 Å². The number of esters is 1. The lowest BCUT2D eigenvalue weighted by molar-refractivity contribution is -0.154. The van der Waals surface area contributed by atoms with E-state index in [9.17, 15) is 9.90 Å². The maximum absolute atomic E-state index is 12.8. The summed E-state index contributed by atoms with van der Waals surface area (Å²) in [5.41, 5.74) is 0.744. The van der Waals surface area contributed by atoms with E-state index in [1.54, 1.807) is 7.11 Å². The van der Waals surface area contributed by atoms with Crippen molar-refractivity contribution in [1.29, 1.82) is 0 Å². The molecule has 0 saturated heterocycles. The highest BCUT2D eigenvalue weighted by molar-refractivity contribution is 5.72. The van der Waals surface area contributed by atoms with Crippen LogP contribution in [0.1, 0.15) is 104 Å². The summed E-state index contributed by atoms with van der Waals surface area (Å²) in [6.07, 6.45) is 15.6. The van der Waals surface area contributed by atoms with Gasteiger partial charge in [0.15, 0.2) is 0 Å². The van der Waals surface area contributed by atoms with Crippen LogP contribution < -0.4 is 0 Å². The fraction of sp³-hybridized carbons (Fsp3) is 0.963. The van der Waals surface area contributed by atoms with Crippen LogP contribution in [0.5, 0.6) is 0 Å². The predicted octanol–water partition coefficient (Wildman–Crippen LogP) is 6.38. The van der Waals surface area contributed by atoms with Crippen molar-refractivity contribution in [2.75, 3.05) is 7.11 Å². The van der Waals surface area contributed by atoms with Gasteiger partial charge in [-0.05, 0) is 105 Å². The molecule has 0 aliphatic heterocycles. The molecule has 0 radical (unpaired) electrons. The minimum Gasteiger partial charge on any atom is -0.469 e. The number of rotatable bonds is 6. The third kappa shape index (κ3) is 3.65. The molecule has 0 heterocycles. The molecular formula is C27H46O3. The maximum atomic E-state index is 12.8. The quantitative estimate of drug-likeness (QED) is 0.402. The van der Waals surface area contributed by atoms with Gasteiger partial charge in [0, 0.05) is 0 Å². The second-order valence-corrected chi connectivity index (χ2v) is 11.9. The van der Waals surface area contributed by atoms with Crippen LogP contribution >= 0.6 is 0 Å². The summed E-state index contributed by atoms with van der Waals surface area (Å²) >= 11 is 0. The van der Waals surface area contributed by atoms with E-state index in [4.69, 9.17) is 4.74 Å². The topological polar surface area (TPSA) is 46.5 Å². The number of hydrogen-bond acceptors (Lipinski definition) is 3. The molecule has 0 spiro atoms. The summed E-state index contributed by atoms with van der Waals surface area (Å²) in [7, 11) is 1.58. The van der Waals surface area contributed by atoms with E-state index in [2.05, 4.69) is 20.8 Å². The zero-order valence-electron chi connectivity index (χ0n) is 20.0. The van der Waals surface area contributed by atoms with Crippen molar-refractivity contribution in [2.45, 2.75) is 110 Å². The fourth-order valence-electron chi connectivity index (χ4n) is 9.19. The Balaban J connectivity index is 1.54. The Labute approximate surface area is 184 Å². The third-order valence-corrected chi connectivity index (χ3v) is 10.8. The number of aliphatic hydroxyl groups is 1. The van der Waals surface area contributed by atoms with Crippen LogP contribution in [0, 0.1) is 46.3 Å². The van der Waals surface area contributed by atoms with E-state index in [0.717, 1.165) is 49.4 Å².